The third kappa shape index (κ3) is 5.57. The van der Waals surface area contributed by atoms with Crippen LogP contribution in [-0.4, -0.2) is 63.0 Å². The van der Waals surface area contributed by atoms with Crippen LogP contribution in [0.3, 0.4) is 0 Å². The van der Waals surface area contributed by atoms with Gasteiger partial charge in [-0.15, -0.1) is 0 Å². The number of urea groups is 1. The number of nitrogens with one attached hydrogen (secondary N) is 2. The van der Waals surface area contributed by atoms with E-state index in [0.717, 1.165) is 52.4 Å². The number of benzene rings is 1. The predicted molar refractivity (Wildman–Crippen MR) is 175 cm³/mol. The van der Waals surface area contributed by atoms with Gasteiger partial charge in [-0.05, 0) is 68.7 Å². The van der Waals surface area contributed by atoms with E-state index in [9.17, 15) is 14.8 Å². The van der Waals surface area contributed by atoms with Crippen LogP contribution >= 0.6 is 11.8 Å². The minimum atomic E-state index is -0.667. The second kappa shape index (κ2) is 10.7. The van der Waals surface area contributed by atoms with Crippen molar-refractivity contribution in [2.75, 3.05) is 12.4 Å². The van der Waals surface area contributed by atoms with Crippen LogP contribution in [0.1, 0.15) is 85.3 Å². The first kappa shape index (κ1) is 30.8. The van der Waals surface area contributed by atoms with Gasteiger partial charge in [-0.3, -0.25) is 10.0 Å². The monoisotopic (exact) mass is 620 g/mol. The van der Waals surface area contributed by atoms with E-state index < -0.39 is 11.0 Å². The Bertz CT molecular complexity index is 1520. The van der Waals surface area contributed by atoms with Gasteiger partial charge in [0.15, 0.2) is 0 Å². The number of amides is 2. The van der Waals surface area contributed by atoms with E-state index in [2.05, 4.69) is 56.5 Å². The Morgan fingerprint density at radius 2 is 1.98 bits per heavy atom. The third-order valence-electron chi connectivity index (χ3n) is 9.78. The van der Waals surface area contributed by atoms with Gasteiger partial charge in [0.05, 0.1) is 34.2 Å². The lowest BCUT2D eigenvalue weighted by molar-refractivity contribution is -0.711. The van der Waals surface area contributed by atoms with Crippen LogP contribution in [0.2, 0.25) is 0 Å². The molecule has 8 nitrogen and oxygen atoms in total. The minimum Gasteiger partial charge on any atom is -0.482 e. The molecule has 236 valence electrons. The molecule has 2 amide bonds. The van der Waals surface area contributed by atoms with Gasteiger partial charge in [-0.25, -0.2) is 4.79 Å². The number of carbonyl (C=O) groups excluding carboxylic acids is 2. The molecule has 4 heterocycles. The molecule has 5 aliphatic rings. The molecule has 3 N–H and O–H groups in total. The summed E-state index contributed by atoms with van der Waals surface area (Å²) in [6, 6.07) is 4.19. The highest BCUT2D eigenvalue weighted by Gasteiger charge is 2.51. The van der Waals surface area contributed by atoms with E-state index in [1.165, 1.54) is 4.74 Å². The molecular weight excluding hydrogens is 574 g/mol. The van der Waals surface area contributed by atoms with Crippen molar-refractivity contribution in [3.63, 3.8) is 0 Å². The van der Waals surface area contributed by atoms with Crippen LogP contribution < -0.4 is 15.4 Å². The van der Waals surface area contributed by atoms with Gasteiger partial charge < -0.3 is 20.1 Å². The Morgan fingerprint density at radius 1 is 1.20 bits per heavy atom. The van der Waals surface area contributed by atoms with Crippen LogP contribution in [0.5, 0.6) is 5.75 Å². The maximum atomic E-state index is 13.1. The van der Waals surface area contributed by atoms with Crippen molar-refractivity contribution in [2.45, 2.75) is 97.1 Å². The Hall–Kier alpha value is -3.20. The zero-order valence-electron chi connectivity index (χ0n) is 27.0. The van der Waals surface area contributed by atoms with E-state index in [1.54, 1.807) is 0 Å². The maximum absolute atomic E-state index is 13.1. The fraction of sp³-hybridized carbons (Fsp3) is 0.571. The highest BCUT2D eigenvalue weighted by atomic mass is 32.2. The van der Waals surface area contributed by atoms with Crippen molar-refractivity contribution >= 4 is 46.8 Å². The standard InChI is InChI=1S/C35H45N3O5S/c1-32(2)15-13-25-23(18-32)21-10-11-26-22(28(21)38(25)41)12-16-35(7,43-26)14-8-9-17-42-30(39)34(5,6)20-33(3,4)29-27-24(19-44-29)36-31(40)37-27/h8-12,16,18,24,27,29H,13-15,17,19-20H2,1-7H3,(H2-,36,37,40,41)/p+1/b9-8+. The summed E-state index contributed by atoms with van der Waals surface area (Å²) in [4.78, 5) is 25.0. The lowest BCUT2D eigenvalue weighted by Crippen LogP contribution is -2.46. The molecule has 1 aromatic carbocycles. The highest BCUT2D eigenvalue weighted by molar-refractivity contribution is 8.00. The normalized spacial score (nSPS) is 28.5. The first-order valence-corrected chi connectivity index (χ1v) is 16.8. The van der Waals surface area contributed by atoms with Gasteiger partial charge in [-0.2, -0.15) is 11.8 Å². The fourth-order valence-corrected chi connectivity index (χ4v) is 9.38. The first-order chi connectivity index (χ1) is 20.6. The number of thioether (sulfide) groups is 1. The van der Waals surface area contributed by atoms with E-state index in [4.69, 9.17) is 9.47 Å². The number of carbonyl (C=O) groups is 2. The first-order valence-electron chi connectivity index (χ1n) is 15.7. The van der Waals surface area contributed by atoms with E-state index >= 15 is 0 Å². The van der Waals surface area contributed by atoms with Gasteiger partial charge >= 0.3 is 12.0 Å². The quantitative estimate of drug-likeness (QED) is 0.0991. The minimum absolute atomic E-state index is 0.0815. The average Bonchev–Trinajstić information content (AvgIpc) is 3.57. The Morgan fingerprint density at radius 3 is 2.75 bits per heavy atom. The van der Waals surface area contributed by atoms with Crippen molar-refractivity contribution in [3.05, 3.63) is 47.6 Å². The van der Waals surface area contributed by atoms with E-state index in [-0.39, 0.29) is 46.8 Å². The smallest absolute Gasteiger partial charge is 0.315 e. The highest BCUT2D eigenvalue weighted by Crippen LogP contribution is 2.49. The van der Waals surface area contributed by atoms with Gasteiger partial charge in [-0.1, -0.05) is 45.9 Å². The number of hydrogen-bond donors (Lipinski definition) is 3. The zero-order valence-corrected chi connectivity index (χ0v) is 27.8. The summed E-state index contributed by atoms with van der Waals surface area (Å²) in [5.74, 6) is 1.40. The molecule has 0 bridgehead atoms. The van der Waals surface area contributed by atoms with Crippen LogP contribution in [0.25, 0.3) is 11.6 Å². The summed E-state index contributed by atoms with van der Waals surface area (Å²) in [5, 5.41) is 17.4. The van der Waals surface area contributed by atoms with Crippen molar-refractivity contribution in [1.29, 1.82) is 0 Å². The summed E-state index contributed by atoms with van der Waals surface area (Å²) in [6.07, 6.45) is 13.3. The van der Waals surface area contributed by atoms with Gasteiger partial charge in [0.2, 0.25) is 5.71 Å². The van der Waals surface area contributed by atoms with Crippen molar-refractivity contribution < 1.29 is 29.0 Å². The number of fused-ring (bicyclic) bond motifs is 6. The number of ether oxygens (including phenoxy) is 2. The van der Waals surface area contributed by atoms with E-state index in [0.29, 0.717) is 12.8 Å². The molecule has 44 heavy (non-hydrogen) atoms. The summed E-state index contributed by atoms with van der Waals surface area (Å²) in [7, 11) is 0. The molecule has 1 aromatic rings. The predicted octanol–water partition coefficient (Wildman–Crippen LogP) is 6.64. The Balaban J connectivity index is 1.04. The number of rotatable bonds is 8. The molecule has 6 rings (SSSR count). The average molecular weight is 621 g/mol. The van der Waals surface area contributed by atoms with Gasteiger partial charge in [0.1, 0.15) is 18.0 Å². The largest absolute Gasteiger partial charge is 0.482 e. The number of nitrogens with zero attached hydrogens (tertiary/aromatic N) is 1. The van der Waals surface area contributed by atoms with Crippen LogP contribution in [0, 0.1) is 16.2 Å². The van der Waals surface area contributed by atoms with Gasteiger partial charge in [0.25, 0.3) is 5.69 Å². The van der Waals surface area contributed by atoms with Crippen LogP contribution in [-0.2, 0) is 9.53 Å². The number of allylic oxidation sites excluding steroid dienone is 2. The fourth-order valence-electron chi connectivity index (χ4n) is 7.67. The molecule has 4 atom stereocenters. The molecule has 0 saturated carbocycles. The molecule has 0 radical (unpaired) electrons. The number of esters is 1. The lowest BCUT2D eigenvalue weighted by Gasteiger charge is -2.39. The lowest BCUT2D eigenvalue weighted by atomic mass is 9.71. The molecule has 4 unspecified atom stereocenters. The Kier molecular flexibility index (Phi) is 7.50. The van der Waals surface area contributed by atoms with E-state index in [1.807, 2.05) is 56.8 Å². The van der Waals surface area contributed by atoms with Crippen LogP contribution in [0.4, 0.5) is 10.5 Å². The maximum Gasteiger partial charge on any atom is 0.315 e. The molecule has 0 aromatic heterocycles. The van der Waals surface area contributed by atoms with Gasteiger partial charge in [0, 0.05) is 28.6 Å². The molecule has 2 fully saturated rings. The molecule has 0 spiro atoms. The molecule has 1 aliphatic carbocycles. The summed E-state index contributed by atoms with van der Waals surface area (Å²) >= 11 is 1.86. The summed E-state index contributed by atoms with van der Waals surface area (Å²) < 4.78 is 13.5. The number of hydrogen-bond acceptors (Lipinski definition) is 6. The van der Waals surface area contributed by atoms with Crippen LogP contribution in [0.15, 0.2) is 36.4 Å². The molecule has 4 aliphatic heterocycles. The molecular formula is C35H46N3O5S+. The second-order valence-corrected chi connectivity index (χ2v) is 16.4. The molecule has 9 heteroatoms. The molecule has 2 saturated heterocycles. The third-order valence-corrected chi connectivity index (χ3v) is 11.6. The van der Waals surface area contributed by atoms with Crippen molar-refractivity contribution in [3.8, 4) is 5.75 Å². The zero-order chi connectivity index (χ0) is 31.7. The SMILES string of the molecule is CC1(C)C=C2C(=[N+](O)c3c2ccc2c3C=CC(C)(C/C=C/COC(=O)C(C)(C)CC(C)(C)C3SCC4NC(=O)NC43)O2)CC1. The van der Waals surface area contributed by atoms with Crippen molar-refractivity contribution in [2.24, 2.45) is 16.2 Å². The summed E-state index contributed by atoms with van der Waals surface area (Å²) in [5.41, 5.74) is 3.52. The second-order valence-electron chi connectivity index (χ2n) is 15.3. The van der Waals surface area contributed by atoms with Crippen molar-refractivity contribution in [1.82, 2.24) is 10.6 Å². The topological polar surface area (TPSA) is 99.9 Å². The Labute approximate surface area is 265 Å². The summed E-state index contributed by atoms with van der Waals surface area (Å²) in [6.45, 7) is 14.9.